The molecule has 150 valence electrons. The molecule has 0 aliphatic carbocycles. The minimum atomic E-state index is -0.553. The molecule has 0 aliphatic heterocycles. The van der Waals surface area contributed by atoms with Crippen LogP contribution in [0.5, 0.6) is 0 Å². The van der Waals surface area contributed by atoms with Gasteiger partial charge in [0.05, 0.1) is 6.54 Å². The molecule has 0 saturated carbocycles. The molecule has 10 heteroatoms. The van der Waals surface area contributed by atoms with Gasteiger partial charge in [-0.15, -0.1) is 0 Å². The third-order valence-corrected chi connectivity index (χ3v) is 4.67. The molecule has 0 bridgehead atoms. The van der Waals surface area contributed by atoms with Gasteiger partial charge in [-0.05, 0) is 24.5 Å². The van der Waals surface area contributed by atoms with Crippen LogP contribution >= 0.6 is 23.4 Å². The van der Waals surface area contributed by atoms with Crippen LogP contribution in [-0.2, 0) is 11.3 Å². The van der Waals surface area contributed by atoms with Crippen molar-refractivity contribution in [3.05, 3.63) is 70.9 Å². The highest BCUT2D eigenvalue weighted by atomic mass is 35.5. The zero-order valence-corrected chi connectivity index (χ0v) is 17.4. The second kappa shape index (κ2) is 10.1. The van der Waals surface area contributed by atoms with Crippen LogP contribution in [0.2, 0.25) is 5.02 Å². The van der Waals surface area contributed by atoms with Gasteiger partial charge < -0.3 is 15.4 Å². The number of methoxy groups -OCH3 is 1. The third kappa shape index (κ3) is 5.63. The lowest BCUT2D eigenvalue weighted by molar-refractivity contribution is 0.0948. The highest BCUT2D eigenvalue weighted by Crippen LogP contribution is 2.25. The summed E-state index contributed by atoms with van der Waals surface area (Å²) in [4.78, 5) is 29.6. The molecule has 2 heterocycles. The van der Waals surface area contributed by atoms with Crippen LogP contribution in [0.1, 0.15) is 28.0 Å². The van der Waals surface area contributed by atoms with Crippen molar-refractivity contribution in [1.29, 1.82) is 0 Å². The molecule has 3 rings (SSSR count). The van der Waals surface area contributed by atoms with E-state index < -0.39 is 6.23 Å². The molecule has 0 radical (unpaired) electrons. The number of amides is 1. The molecule has 29 heavy (non-hydrogen) atoms. The van der Waals surface area contributed by atoms with E-state index in [1.165, 1.54) is 18.0 Å². The van der Waals surface area contributed by atoms with Gasteiger partial charge >= 0.3 is 0 Å². The summed E-state index contributed by atoms with van der Waals surface area (Å²) in [7, 11) is 1.56. The maximum absolute atomic E-state index is 12.7. The highest BCUT2D eigenvalue weighted by molar-refractivity contribution is 7.98. The van der Waals surface area contributed by atoms with Gasteiger partial charge in [0.15, 0.2) is 11.4 Å². The zero-order chi connectivity index (χ0) is 20.6. The topological polar surface area (TPSA) is 102 Å². The number of carbonyl (C=O) groups is 1. The molecule has 1 unspecified atom stereocenters. The first-order valence-corrected chi connectivity index (χ1v) is 10.2. The molecular weight excluding hydrogens is 412 g/mol. The molecule has 0 saturated heterocycles. The van der Waals surface area contributed by atoms with Crippen molar-refractivity contribution in [1.82, 2.24) is 25.3 Å². The molecule has 2 N–H and O–H groups in total. The van der Waals surface area contributed by atoms with E-state index in [9.17, 15) is 4.79 Å². The SMILES string of the molecule is COC(Nc1nc(SC)ncc1C(=O)NCc1ncccn1)c1cccc(Cl)c1. The Bertz CT molecular complexity index is 976. The van der Waals surface area contributed by atoms with E-state index >= 15 is 0 Å². The first-order chi connectivity index (χ1) is 14.1. The van der Waals surface area contributed by atoms with Crippen LogP contribution in [0.15, 0.2) is 54.1 Å². The standard InChI is InChI=1S/C19H19ClN6O2S/c1-28-18(12-5-3-6-13(20)9-12)25-16-14(10-24-19(26-16)29-2)17(27)23-11-15-21-7-4-8-22-15/h3-10,18H,11H2,1-2H3,(H,23,27)(H,24,25,26). The summed E-state index contributed by atoms with van der Waals surface area (Å²) in [5, 5.41) is 7.05. The van der Waals surface area contributed by atoms with E-state index in [1.807, 2.05) is 18.4 Å². The Balaban J connectivity index is 1.83. The van der Waals surface area contributed by atoms with Gasteiger partial charge in [0.25, 0.3) is 5.91 Å². The second-order valence-corrected chi connectivity index (χ2v) is 6.99. The number of aromatic nitrogens is 4. The first kappa shape index (κ1) is 21.0. The van der Waals surface area contributed by atoms with E-state index in [0.717, 1.165) is 5.56 Å². The van der Waals surface area contributed by atoms with Crippen LogP contribution in [0.3, 0.4) is 0 Å². The van der Waals surface area contributed by atoms with Crippen molar-refractivity contribution in [2.45, 2.75) is 17.9 Å². The molecule has 1 atom stereocenters. The van der Waals surface area contributed by atoms with E-state index in [0.29, 0.717) is 21.8 Å². The molecule has 3 aromatic rings. The highest BCUT2D eigenvalue weighted by Gasteiger charge is 2.19. The first-order valence-electron chi connectivity index (χ1n) is 8.60. The minimum Gasteiger partial charge on any atom is -0.357 e. The summed E-state index contributed by atoms with van der Waals surface area (Å²) >= 11 is 7.46. The average molecular weight is 431 g/mol. The minimum absolute atomic E-state index is 0.186. The average Bonchev–Trinajstić information content (AvgIpc) is 2.76. The monoisotopic (exact) mass is 430 g/mol. The molecule has 2 aromatic heterocycles. The molecule has 1 amide bonds. The number of hydrogen-bond acceptors (Lipinski definition) is 8. The molecular formula is C19H19ClN6O2S. The van der Waals surface area contributed by atoms with Crippen LogP contribution in [0.4, 0.5) is 5.82 Å². The maximum Gasteiger partial charge on any atom is 0.256 e. The number of thioether (sulfide) groups is 1. The molecule has 1 aromatic carbocycles. The molecule has 0 spiro atoms. The summed E-state index contributed by atoms with van der Waals surface area (Å²) < 4.78 is 5.54. The fraction of sp³-hybridized carbons (Fsp3) is 0.211. The molecule has 8 nitrogen and oxygen atoms in total. The van der Waals surface area contributed by atoms with Crippen molar-refractivity contribution in [3.63, 3.8) is 0 Å². The summed E-state index contributed by atoms with van der Waals surface area (Å²) in [5.74, 6) is 0.502. The Morgan fingerprint density at radius 3 is 2.72 bits per heavy atom. The van der Waals surface area contributed by atoms with E-state index in [4.69, 9.17) is 16.3 Å². The zero-order valence-electron chi connectivity index (χ0n) is 15.8. The van der Waals surface area contributed by atoms with E-state index in [1.54, 1.807) is 37.7 Å². The van der Waals surface area contributed by atoms with Crippen molar-refractivity contribution < 1.29 is 9.53 Å². The van der Waals surface area contributed by atoms with Gasteiger partial charge in [0.2, 0.25) is 0 Å². The Kier molecular flexibility index (Phi) is 7.34. The van der Waals surface area contributed by atoms with Crippen molar-refractivity contribution >= 4 is 35.1 Å². The maximum atomic E-state index is 12.7. The summed E-state index contributed by atoms with van der Waals surface area (Å²) in [6.45, 7) is 0.186. The number of rotatable bonds is 8. The van der Waals surface area contributed by atoms with E-state index in [2.05, 4.69) is 30.6 Å². The van der Waals surface area contributed by atoms with Crippen molar-refractivity contribution in [3.8, 4) is 0 Å². The van der Waals surface area contributed by atoms with Gasteiger partial charge in [-0.3, -0.25) is 4.79 Å². The fourth-order valence-electron chi connectivity index (χ4n) is 2.49. The van der Waals surface area contributed by atoms with E-state index in [-0.39, 0.29) is 18.0 Å². The number of nitrogens with zero attached hydrogens (tertiary/aromatic N) is 4. The molecule has 0 fully saturated rings. The largest absolute Gasteiger partial charge is 0.357 e. The normalized spacial score (nSPS) is 11.7. The number of nitrogens with one attached hydrogen (secondary N) is 2. The van der Waals surface area contributed by atoms with Crippen LogP contribution < -0.4 is 10.6 Å². The predicted molar refractivity (Wildman–Crippen MR) is 112 cm³/mol. The second-order valence-electron chi connectivity index (χ2n) is 5.78. The lowest BCUT2D eigenvalue weighted by Gasteiger charge is -2.20. The Labute approximate surface area is 177 Å². The lowest BCUT2D eigenvalue weighted by atomic mass is 10.2. The Morgan fingerprint density at radius 2 is 2.03 bits per heavy atom. The number of anilines is 1. The smallest absolute Gasteiger partial charge is 0.256 e. The van der Waals surface area contributed by atoms with Crippen LogP contribution in [0, 0.1) is 0 Å². The van der Waals surface area contributed by atoms with Gasteiger partial charge in [-0.25, -0.2) is 19.9 Å². The fourth-order valence-corrected chi connectivity index (χ4v) is 3.03. The number of hydrogen-bond donors (Lipinski definition) is 2. The van der Waals surface area contributed by atoms with Crippen LogP contribution in [-0.4, -0.2) is 39.2 Å². The number of ether oxygens (including phenoxy) is 1. The van der Waals surface area contributed by atoms with Crippen molar-refractivity contribution in [2.75, 3.05) is 18.7 Å². The van der Waals surface area contributed by atoms with Gasteiger partial charge in [0.1, 0.15) is 17.2 Å². The van der Waals surface area contributed by atoms with Gasteiger partial charge in [0, 0.05) is 36.3 Å². The lowest BCUT2D eigenvalue weighted by Crippen LogP contribution is -2.26. The van der Waals surface area contributed by atoms with Crippen LogP contribution in [0.25, 0.3) is 0 Å². The van der Waals surface area contributed by atoms with Gasteiger partial charge in [-0.2, -0.15) is 0 Å². The van der Waals surface area contributed by atoms with Crippen molar-refractivity contribution in [2.24, 2.45) is 0 Å². The van der Waals surface area contributed by atoms with Gasteiger partial charge in [-0.1, -0.05) is 35.5 Å². The quantitative estimate of drug-likeness (QED) is 0.319. The number of carbonyl (C=O) groups excluding carboxylic acids is 1. The summed E-state index contributed by atoms with van der Waals surface area (Å²) in [6, 6.07) is 8.97. The summed E-state index contributed by atoms with van der Waals surface area (Å²) in [6.07, 6.45) is 6.02. The Hall–Kier alpha value is -2.75. The third-order valence-electron chi connectivity index (χ3n) is 3.88. The number of benzene rings is 1. The molecule has 0 aliphatic rings. The Morgan fingerprint density at radius 1 is 1.24 bits per heavy atom. The summed E-state index contributed by atoms with van der Waals surface area (Å²) in [5.41, 5.74) is 1.08. The predicted octanol–water partition coefficient (Wildman–Crippen LogP) is 3.33. The number of halogens is 1.